The Balaban J connectivity index is 1.76. The van der Waals surface area contributed by atoms with Crippen molar-refractivity contribution in [2.45, 2.75) is 17.9 Å². The van der Waals surface area contributed by atoms with Crippen molar-refractivity contribution in [1.82, 2.24) is 0 Å². The number of fused-ring (bicyclic) bond motifs is 1. The van der Waals surface area contributed by atoms with Gasteiger partial charge in [-0.3, -0.25) is 4.21 Å². The summed E-state index contributed by atoms with van der Waals surface area (Å²) >= 11 is 0. The normalized spacial score (nSPS) is 15.7. The molecule has 110 valence electrons. The van der Waals surface area contributed by atoms with Gasteiger partial charge in [0.1, 0.15) is 0 Å². The van der Waals surface area contributed by atoms with Gasteiger partial charge in [0, 0.05) is 16.7 Å². The zero-order valence-electron chi connectivity index (χ0n) is 11.7. The second kappa shape index (κ2) is 5.87. The van der Waals surface area contributed by atoms with Crippen molar-refractivity contribution in [2.24, 2.45) is 5.73 Å². The predicted octanol–water partition coefficient (Wildman–Crippen LogP) is 2.53. The van der Waals surface area contributed by atoms with E-state index in [0.29, 0.717) is 11.5 Å². The Morgan fingerprint density at radius 2 is 1.95 bits per heavy atom. The largest absolute Gasteiger partial charge is 0.454 e. The number of hydrogen-bond acceptors (Lipinski definition) is 4. The third-order valence-electron chi connectivity index (χ3n) is 3.49. The SMILES string of the molecule is Cc1ccccc1S(=O)CC(N)c1ccc2c(c1)OCO2. The zero-order chi connectivity index (χ0) is 14.8. The fraction of sp³-hybridized carbons (Fsp3) is 0.250. The first-order valence-corrected chi connectivity index (χ1v) is 8.06. The number of rotatable bonds is 4. The maximum Gasteiger partial charge on any atom is 0.231 e. The van der Waals surface area contributed by atoms with Gasteiger partial charge in [-0.25, -0.2) is 0 Å². The van der Waals surface area contributed by atoms with Crippen LogP contribution in [0.15, 0.2) is 47.4 Å². The smallest absolute Gasteiger partial charge is 0.231 e. The van der Waals surface area contributed by atoms with Crippen LogP contribution in [0.2, 0.25) is 0 Å². The summed E-state index contributed by atoms with van der Waals surface area (Å²) in [6, 6.07) is 13.0. The van der Waals surface area contributed by atoms with Gasteiger partial charge in [0.25, 0.3) is 0 Å². The van der Waals surface area contributed by atoms with Crippen LogP contribution in [0.4, 0.5) is 0 Å². The minimum absolute atomic E-state index is 0.239. The molecule has 2 aromatic rings. The van der Waals surface area contributed by atoms with Crippen LogP contribution in [0.1, 0.15) is 17.2 Å². The minimum Gasteiger partial charge on any atom is -0.454 e. The lowest BCUT2D eigenvalue weighted by Gasteiger charge is -2.13. The Morgan fingerprint density at radius 1 is 1.19 bits per heavy atom. The summed E-state index contributed by atoms with van der Waals surface area (Å²) in [4.78, 5) is 0.841. The van der Waals surface area contributed by atoms with Crippen molar-refractivity contribution in [3.63, 3.8) is 0 Å². The van der Waals surface area contributed by atoms with E-state index < -0.39 is 10.8 Å². The van der Waals surface area contributed by atoms with E-state index in [0.717, 1.165) is 21.8 Å². The molecule has 21 heavy (non-hydrogen) atoms. The lowest BCUT2D eigenvalue weighted by molar-refractivity contribution is 0.174. The average molecular weight is 303 g/mol. The molecule has 4 nitrogen and oxygen atoms in total. The third-order valence-corrected chi connectivity index (χ3v) is 5.11. The topological polar surface area (TPSA) is 61.6 Å². The molecule has 0 amide bonds. The second-order valence-electron chi connectivity index (χ2n) is 5.00. The van der Waals surface area contributed by atoms with Crippen LogP contribution in [0, 0.1) is 6.92 Å². The van der Waals surface area contributed by atoms with Gasteiger partial charge in [0.2, 0.25) is 6.79 Å². The van der Waals surface area contributed by atoms with Gasteiger partial charge in [-0.2, -0.15) is 0 Å². The quantitative estimate of drug-likeness (QED) is 0.943. The van der Waals surface area contributed by atoms with E-state index >= 15 is 0 Å². The highest BCUT2D eigenvalue weighted by Gasteiger charge is 2.18. The Bertz CT molecular complexity index is 687. The Hall–Kier alpha value is -1.85. The van der Waals surface area contributed by atoms with Crippen molar-refractivity contribution >= 4 is 10.8 Å². The van der Waals surface area contributed by atoms with E-state index in [-0.39, 0.29) is 12.8 Å². The van der Waals surface area contributed by atoms with Gasteiger partial charge in [0.05, 0.1) is 10.8 Å². The number of ether oxygens (including phenoxy) is 2. The van der Waals surface area contributed by atoms with E-state index in [1.807, 2.05) is 49.4 Å². The fourth-order valence-electron chi connectivity index (χ4n) is 2.30. The number of benzene rings is 2. The van der Waals surface area contributed by atoms with E-state index in [9.17, 15) is 4.21 Å². The van der Waals surface area contributed by atoms with Crippen LogP contribution < -0.4 is 15.2 Å². The molecular formula is C16H17NO3S. The minimum atomic E-state index is -1.12. The van der Waals surface area contributed by atoms with Gasteiger partial charge < -0.3 is 15.2 Å². The zero-order valence-corrected chi connectivity index (χ0v) is 12.6. The molecule has 0 spiro atoms. The second-order valence-corrected chi connectivity index (χ2v) is 6.46. The highest BCUT2D eigenvalue weighted by atomic mass is 32.2. The van der Waals surface area contributed by atoms with Crippen molar-refractivity contribution in [2.75, 3.05) is 12.5 Å². The standard InChI is InChI=1S/C16H17NO3S/c1-11-4-2-3-5-16(11)21(18)9-13(17)12-6-7-14-15(8-12)20-10-19-14/h2-8,13H,9-10,17H2,1H3. The lowest BCUT2D eigenvalue weighted by atomic mass is 10.1. The summed E-state index contributed by atoms with van der Waals surface area (Å²) in [6.45, 7) is 2.20. The molecular weight excluding hydrogens is 286 g/mol. The first-order valence-electron chi connectivity index (χ1n) is 6.74. The number of hydrogen-bond donors (Lipinski definition) is 1. The molecule has 2 N–H and O–H groups in total. The van der Waals surface area contributed by atoms with Crippen LogP contribution in [-0.2, 0) is 10.8 Å². The molecule has 0 aliphatic carbocycles. The van der Waals surface area contributed by atoms with Gasteiger partial charge in [-0.15, -0.1) is 0 Å². The molecule has 1 aliphatic rings. The summed E-state index contributed by atoms with van der Waals surface area (Å²) in [5.41, 5.74) is 8.11. The van der Waals surface area contributed by atoms with E-state index in [4.69, 9.17) is 15.2 Å². The molecule has 3 rings (SSSR count). The molecule has 2 atom stereocenters. The maximum atomic E-state index is 12.5. The van der Waals surface area contributed by atoms with E-state index in [2.05, 4.69) is 0 Å². The summed E-state index contributed by atoms with van der Waals surface area (Å²) in [5.74, 6) is 1.81. The molecule has 0 saturated heterocycles. The molecule has 2 unspecified atom stereocenters. The van der Waals surface area contributed by atoms with Gasteiger partial charge in [0.15, 0.2) is 11.5 Å². The molecule has 0 fully saturated rings. The first-order chi connectivity index (χ1) is 10.1. The van der Waals surface area contributed by atoms with Gasteiger partial charge >= 0.3 is 0 Å². The molecule has 0 saturated carbocycles. The van der Waals surface area contributed by atoms with Crippen LogP contribution in [0.25, 0.3) is 0 Å². The molecule has 0 radical (unpaired) electrons. The third kappa shape index (κ3) is 2.94. The van der Waals surface area contributed by atoms with Gasteiger partial charge in [-0.1, -0.05) is 24.3 Å². The molecule has 5 heteroatoms. The average Bonchev–Trinajstić information content (AvgIpc) is 2.94. The van der Waals surface area contributed by atoms with E-state index in [1.54, 1.807) is 0 Å². The highest BCUT2D eigenvalue weighted by Crippen LogP contribution is 2.34. The number of nitrogens with two attached hydrogens (primary N) is 1. The first kappa shape index (κ1) is 14.1. The Kier molecular flexibility index (Phi) is 3.94. The summed E-state index contributed by atoms with van der Waals surface area (Å²) in [7, 11) is -1.12. The van der Waals surface area contributed by atoms with Crippen molar-refractivity contribution < 1.29 is 13.7 Å². The monoisotopic (exact) mass is 303 g/mol. The van der Waals surface area contributed by atoms with E-state index in [1.165, 1.54) is 0 Å². The van der Waals surface area contributed by atoms with Crippen molar-refractivity contribution in [3.05, 3.63) is 53.6 Å². The van der Waals surface area contributed by atoms with Crippen molar-refractivity contribution in [1.29, 1.82) is 0 Å². The van der Waals surface area contributed by atoms with Crippen LogP contribution in [0.5, 0.6) is 11.5 Å². The molecule has 1 heterocycles. The van der Waals surface area contributed by atoms with Gasteiger partial charge in [-0.05, 0) is 36.2 Å². The number of aryl methyl sites for hydroxylation is 1. The summed E-state index contributed by atoms with van der Waals surface area (Å²) in [5, 5.41) is 0. The van der Waals surface area contributed by atoms with Crippen LogP contribution in [0.3, 0.4) is 0 Å². The molecule has 1 aliphatic heterocycles. The van der Waals surface area contributed by atoms with Crippen LogP contribution in [-0.4, -0.2) is 16.8 Å². The van der Waals surface area contributed by atoms with Crippen molar-refractivity contribution in [3.8, 4) is 11.5 Å². The highest BCUT2D eigenvalue weighted by molar-refractivity contribution is 7.85. The maximum absolute atomic E-state index is 12.5. The lowest BCUT2D eigenvalue weighted by Crippen LogP contribution is -2.18. The van der Waals surface area contributed by atoms with Crippen LogP contribution >= 0.6 is 0 Å². The molecule has 0 bridgehead atoms. The summed E-state index contributed by atoms with van der Waals surface area (Å²) < 4.78 is 23.1. The molecule has 0 aromatic heterocycles. The molecule has 2 aromatic carbocycles. The fourth-order valence-corrected chi connectivity index (χ4v) is 3.66. The Morgan fingerprint density at radius 3 is 2.76 bits per heavy atom. The summed E-state index contributed by atoms with van der Waals surface area (Å²) in [6.07, 6.45) is 0. The Labute approximate surface area is 126 Å². The predicted molar refractivity (Wildman–Crippen MR) is 81.9 cm³/mol.